The van der Waals surface area contributed by atoms with Gasteiger partial charge in [0.15, 0.2) is 23.0 Å². The van der Waals surface area contributed by atoms with Crippen LogP contribution in [0.25, 0.3) is 0 Å². The predicted molar refractivity (Wildman–Crippen MR) is 120 cm³/mol. The minimum Gasteiger partial charge on any atom is -0.493 e. The van der Waals surface area contributed by atoms with Gasteiger partial charge < -0.3 is 23.8 Å². The van der Waals surface area contributed by atoms with E-state index in [1.54, 1.807) is 23.1 Å². The molecule has 0 spiro atoms. The molecule has 10 heteroatoms. The maximum atomic E-state index is 12.8. The highest BCUT2D eigenvalue weighted by molar-refractivity contribution is 7.89. The number of nitrogens with one attached hydrogen (secondary N) is 1. The van der Waals surface area contributed by atoms with E-state index in [4.69, 9.17) is 18.9 Å². The van der Waals surface area contributed by atoms with E-state index in [0.717, 1.165) is 32.4 Å². The number of fused-ring (bicyclic) bond motifs is 1. The van der Waals surface area contributed by atoms with Crippen molar-refractivity contribution in [2.45, 2.75) is 36.8 Å². The number of benzene rings is 2. The van der Waals surface area contributed by atoms with E-state index in [0.29, 0.717) is 28.6 Å². The summed E-state index contributed by atoms with van der Waals surface area (Å²) in [6, 6.07) is 9.56. The first kappa shape index (κ1) is 23.2. The number of amides is 1. The Kier molecular flexibility index (Phi) is 6.94. The lowest BCUT2D eigenvalue weighted by Crippen LogP contribution is -2.48. The standard InChI is InChI=1S/C23H28N2O7S/c1-29-18-8-6-16(12-20(18)30-2)14-24-33(27,28)17-7-9-19-21(13-17)31-15-22(32-19)23(26)25-10-4-3-5-11-25/h6-9,12-13,22,24H,3-5,10-11,14-15H2,1-2H3/t22-/m1/s1. The monoisotopic (exact) mass is 476 g/mol. The highest BCUT2D eigenvalue weighted by Gasteiger charge is 2.32. The van der Waals surface area contributed by atoms with Crippen molar-refractivity contribution in [1.82, 2.24) is 9.62 Å². The van der Waals surface area contributed by atoms with Crippen LogP contribution >= 0.6 is 0 Å². The Morgan fingerprint density at radius 3 is 2.52 bits per heavy atom. The number of methoxy groups -OCH3 is 2. The van der Waals surface area contributed by atoms with Gasteiger partial charge in [0, 0.05) is 25.7 Å². The first-order chi connectivity index (χ1) is 15.9. The Morgan fingerprint density at radius 2 is 1.79 bits per heavy atom. The number of hydrogen-bond acceptors (Lipinski definition) is 7. The Balaban J connectivity index is 1.42. The molecule has 0 aromatic heterocycles. The fraction of sp³-hybridized carbons (Fsp3) is 0.435. The Hall–Kier alpha value is -2.98. The lowest BCUT2D eigenvalue weighted by molar-refractivity contribution is -0.142. The van der Waals surface area contributed by atoms with Crippen LogP contribution in [-0.4, -0.2) is 59.2 Å². The van der Waals surface area contributed by atoms with Crippen molar-refractivity contribution in [3.05, 3.63) is 42.0 Å². The Morgan fingerprint density at radius 1 is 1.03 bits per heavy atom. The molecule has 4 rings (SSSR count). The molecule has 1 amide bonds. The second-order valence-electron chi connectivity index (χ2n) is 7.93. The van der Waals surface area contributed by atoms with Crippen LogP contribution in [0.4, 0.5) is 0 Å². The molecule has 1 fully saturated rings. The van der Waals surface area contributed by atoms with E-state index in [9.17, 15) is 13.2 Å². The Bertz CT molecular complexity index is 1110. The number of sulfonamides is 1. The maximum Gasteiger partial charge on any atom is 0.267 e. The number of piperidine rings is 1. The fourth-order valence-corrected chi connectivity index (χ4v) is 4.94. The maximum absolute atomic E-state index is 12.8. The molecule has 9 nitrogen and oxygen atoms in total. The van der Waals surface area contributed by atoms with Crippen LogP contribution in [0.1, 0.15) is 24.8 Å². The summed E-state index contributed by atoms with van der Waals surface area (Å²) in [5.74, 6) is 1.64. The number of likely N-dealkylation sites (tertiary alicyclic amines) is 1. The summed E-state index contributed by atoms with van der Waals surface area (Å²) in [5.41, 5.74) is 0.716. The van der Waals surface area contributed by atoms with Gasteiger partial charge in [0.2, 0.25) is 16.1 Å². The molecule has 1 atom stereocenters. The third kappa shape index (κ3) is 5.17. The van der Waals surface area contributed by atoms with Gasteiger partial charge in [0.25, 0.3) is 5.91 Å². The zero-order valence-electron chi connectivity index (χ0n) is 18.7. The Labute approximate surface area is 193 Å². The first-order valence-electron chi connectivity index (χ1n) is 10.8. The average Bonchev–Trinajstić information content (AvgIpc) is 2.86. The van der Waals surface area contributed by atoms with Gasteiger partial charge in [0.1, 0.15) is 6.61 Å². The second kappa shape index (κ2) is 9.88. The van der Waals surface area contributed by atoms with Gasteiger partial charge in [-0.1, -0.05) is 6.07 Å². The van der Waals surface area contributed by atoms with Gasteiger partial charge in [-0.25, -0.2) is 13.1 Å². The van der Waals surface area contributed by atoms with Gasteiger partial charge in [-0.05, 0) is 49.1 Å². The van der Waals surface area contributed by atoms with E-state index >= 15 is 0 Å². The van der Waals surface area contributed by atoms with E-state index in [1.165, 1.54) is 32.4 Å². The lowest BCUT2D eigenvalue weighted by Gasteiger charge is -2.32. The summed E-state index contributed by atoms with van der Waals surface area (Å²) in [4.78, 5) is 14.5. The van der Waals surface area contributed by atoms with E-state index in [-0.39, 0.29) is 24.0 Å². The molecule has 2 aromatic carbocycles. The molecule has 2 aliphatic rings. The SMILES string of the molecule is COc1ccc(CNS(=O)(=O)c2ccc3c(c2)OC[C@H](C(=O)N2CCCCC2)O3)cc1OC. The minimum absolute atomic E-state index is 0.0465. The molecular weight excluding hydrogens is 448 g/mol. The van der Waals surface area contributed by atoms with Crippen LogP contribution in [-0.2, 0) is 21.4 Å². The van der Waals surface area contributed by atoms with Gasteiger partial charge >= 0.3 is 0 Å². The summed E-state index contributed by atoms with van der Waals surface area (Å²) >= 11 is 0. The number of carbonyl (C=O) groups is 1. The normalized spacial score (nSPS) is 18.0. The molecule has 1 N–H and O–H groups in total. The molecule has 2 aliphatic heterocycles. The summed E-state index contributed by atoms with van der Waals surface area (Å²) in [6.07, 6.45) is 2.40. The van der Waals surface area contributed by atoms with Crippen molar-refractivity contribution >= 4 is 15.9 Å². The highest BCUT2D eigenvalue weighted by atomic mass is 32.2. The third-order valence-corrected chi connectivity index (χ3v) is 7.14. The van der Waals surface area contributed by atoms with Crippen molar-refractivity contribution < 1.29 is 32.2 Å². The van der Waals surface area contributed by atoms with E-state index in [1.807, 2.05) is 0 Å². The predicted octanol–water partition coefficient (Wildman–Crippen LogP) is 2.33. The van der Waals surface area contributed by atoms with Crippen LogP contribution in [0, 0.1) is 0 Å². The quantitative estimate of drug-likeness (QED) is 0.654. The van der Waals surface area contributed by atoms with E-state index in [2.05, 4.69) is 4.72 Å². The van der Waals surface area contributed by atoms with Crippen molar-refractivity contribution in [3.8, 4) is 23.0 Å². The van der Waals surface area contributed by atoms with Crippen LogP contribution < -0.4 is 23.7 Å². The van der Waals surface area contributed by atoms with Crippen molar-refractivity contribution in [2.75, 3.05) is 33.9 Å². The van der Waals surface area contributed by atoms with Gasteiger partial charge in [-0.3, -0.25) is 4.79 Å². The number of ether oxygens (including phenoxy) is 4. The molecule has 0 aliphatic carbocycles. The molecule has 33 heavy (non-hydrogen) atoms. The number of hydrogen-bond donors (Lipinski definition) is 1. The van der Waals surface area contributed by atoms with Crippen LogP contribution in [0.5, 0.6) is 23.0 Å². The third-order valence-electron chi connectivity index (χ3n) is 5.74. The number of nitrogens with zero attached hydrogens (tertiary/aromatic N) is 1. The molecular formula is C23H28N2O7S. The molecule has 2 heterocycles. The second-order valence-corrected chi connectivity index (χ2v) is 9.69. The van der Waals surface area contributed by atoms with Crippen LogP contribution in [0.3, 0.4) is 0 Å². The molecule has 2 aromatic rings. The van der Waals surface area contributed by atoms with Crippen LogP contribution in [0.2, 0.25) is 0 Å². The number of rotatable bonds is 7. The minimum atomic E-state index is -3.81. The largest absolute Gasteiger partial charge is 0.493 e. The lowest BCUT2D eigenvalue weighted by atomic mass is 10.1. The first-order valence-corrected chi connectivity index (χ1v) is 12.3. The van der Waals surface area contributed by atoms with Crippen molar-refractivity contribution in [2.24, 2.45) is 0 Å². The summed E-state index contributed by atoms with van der Waals surface area (Å²) < 4.78 is 50.2. The molecule has 0 radical (unpaired) electrons. The smallest absolute Gasteiger partial charge is 0.267 e. The summed E-state index contributed by atoms with van der Waals surface area (Å²) in [5, 5.41) is 0. The zero-order chi connectivity index (χ0) is 23.4. The molecule has 178 valence electrons. The number of carbonyl (C=O) groups excluding carboxylic acids is 1. The van der Waals surface area contributed by atoms with Crippen molar-refractivity contribution in [1.29, 1.82) is 0 Å². The van der Waals surface area contributed by atoms with Crippen LogP contribution in [0.15, 0.2) is 41.3 Å². The van der Waals surface area contributed by atoms with E-state index < -0.39 is 16.1 Å². The van der Waals surface area contributed by atoms with Crippen molar-refractivity contribution in [3.63, 3.8) is 0 Å². The topological polar surface area (TPSA) is 103 Å². The zero-order valence-corrected chi connectivity index (χ0v) is 19.5. The van der Waals surface area contributed by atoms with Gasteiger partial charge in [0.05, 0.1) is 19.1 Å². The van der Waals surface area contributed by atoms with Gasteiger partial charge in [-0.2, -0.15) is 0 Å². The summed E-state index contributed by atoms with van der Waals surface area (Å²) in [7, 11) is -0.752. The van der Waals surface area contributed by atoms with Gasteiger partial charge in [-0.15, -0.1) is 0 Å². The molecule has 0 saturated carbocycles. The summed E-state index contributed by atoms with van der Waals surface area (Å²) in [6.45, 7) is 1.58. The molecule has 0 unspecified atom stereocenters. The fourth-order valence-electron chi connectivity index (χ4n) is 3.91. The average molecular weight is 477 g/mol. The molecule has 1 saturated heterocycles. The highest BCUT2D eigenvalue weighted by Crippen LogP contribution is 2.34. The molecule has 0 bridgehead atoms.